The first-order valence-corrected chi connectivity index (χ1v) is 7.51. The second kappa shape index (κ2) is 7.58. The van der Waals surface area contributed by atoms with Gasteiger partial charge in [-0.15, -0.1) is 0 Å². The predicted octanol–water partition coefficient (Wildman–Crippen LogP) is 3.48. The lowest BCUT2D eigenvalue weighted by Crippen LogP contribution is -2.15. The molecule has 2 aromatic carbocycles. The van der Waals surface area contributed by atoms with Crippen molar-refractivity contribution in [2.24, 2.45) is 0 Å². The Kier molecular flexibility index (Phi) is 5.52. The first-order chi connectivity index (χ1) is 11.0. The number of esters is 1. The molecule has 0 aliphatic rings. The Balaban J connectivity index is 2.10. The molecule has 0 unspecified atom stereocenters. The van der Waals surface area contributed by atoms with Crippen molar-refractivity contribution in [3.63, 3.8) is 0 Å². The largest absolute Gasteiger partial charge is 0.482 e. The van der Waals surface area contributed by atoms with E-state index in [1.54, 1.807) is 25.1 Å². The van der Waals surface area contributed by atoms with Gasteiger partial charge in [-0.3, -0.25) is 4.79 Å². The molecule has 2 rings (SSSR count). The van der Waals surface area contributed by atoms with Gasteiger partial charge in [-0.2, -0.15) is 0 Å². The van der Waals surface area contributed by atoms with Crippen LogP contribution in [-0.2, 0) is 9.53 Å². The van der Waals surface area contributed by atoms with Crippen molar-refractivity contribution < 1.29 is 19.1 Å². The molecule has 0 bridgehead atoms. The van der Waals surface area contributed by atoms with E-state index in [2.05, 4.69) is 0 Å². The highest BCUT2D eigenvalue weighted by Gasteiger charge is 2.12. The number of ether oxygens (including phenoxy) is 2. The van der Waals surface area contributed by atoms with E-state index in [9.17, 15) is 9.59 Å². The SMILES string of the molecule is CCOC(=O)COc1ccc(C(=O)c2ccc(C)cc2)cc1C. The smallest absolute Gasteiger partial charge is 0.344 e. The van der Waals surface area contributed by atoms with E-state index in [4.69, 9.17) is 9.47 Å². The maximum Gasteiger partial charge on any atom is 0.344 e. The van der Waals surface area contributed by atoms with Gasteiger partial charge in [0.05, 0.1) is 6.61 Å². The van der Waals surface area contributed by atoms with E-state index < -0.39 is 5.97 Å². The Morgan fingerprint density at radius 3 is 2.22 bits per heavy atom. The molecule has 120 valence electrons. The van der Waals surface area contributed by atoms with Crippen molar-refractivity contribution in [2.75, 3.05) is 13.2 Å². The van der Waals surface area contributed by atoms with E-state index in [1.165, 1.54) is 0 Å². The van der Waals surface area contributed by atoms with Gasteiger partial charge < -0.3 is 9.47 Å². The Morgan fingerprint density at radius 2 is 1.61 bits per heavy atom. The second-order valence-corrected chi connectivity index (χ2v) is 5.27. The Bertz CT molecular complexity index is 702. The van der Waals surface area contributed by atoms with E-state index in [1.807, 2.05) is 38.1 Å². The molecule has 0 amide bonds. The second-order valence-electron chi connectivity index (χ2n) is 5.27. The summed E-state index contributed by atoms with van der Waals surface area (Å²) in [4.78, 5) is 23.8. The lowest BCUT2D eigenvalue weighted by molar-refractivity contribution is -0.145. The lowest BCUT2D eigenvalue weighted by atomic mass is 10.0. The van der Waals surface area contributed by atoms with Crippen LogP contribution in [0.3, 0.4) is 0 Å². The first-order valence-electron chi connectivity index (χ1n) is 7.51. The first kappa shape index (κ1) is 16.7. The van der Waals surface area contributed by atoms with Gasteiger partial charge in [0.15, 0.2) is 12.4 Å². The van der Waals surface area contributed by atoms with E-state index >= 15 is 0 Å². The summed E-state index contributed by atoms with van der Waals surface area (Å²) in [6, 6.07) is 12.6. The summed E-state index contributed by atoms with van der Waals surface area (Å²) >= 11 is 0. The van der Waals surface area contributed by atoms with Gasteiger partial charge in [-0.1, -0.05) is 29.8 Å². The highest BCUT2D eigenvalue weighted by atomic mass is 16.6. The molecule has 0 N–H and O–H groups in total. The number of rotatable bonds is 6. The van der Waals surface area contributed by atoms with Gasteiger partial charge >= 0.3 is 5.97 Å². The van der Waals surface area contributed by atoms with Gasteiger partial charge in [-0.25, -0.2) is 4.79 Å². The summed E-state index contributed by atoms with van der Waals surface area (Å²) in [6.45, 7) is 5.75. The monoisotopic (exact) mass is 312 g/mol. The molecule has 0 spiro atoms. The molecular weight excluding hydrogens is 292 g/mol. The molecule has 0 atom stereocenters. The van der Waals surface area contributed by atoms with Crippen molar-refractivity contribution >= 4 is 11.8 Å². The minimum Gasteiger partial charge on any atom is -0.482 e. The molecule has 0 radical (unpaired) electrons. The van der Waals surface area contributed by atoms with Crippen molar-refractivity contribution in [2.45, 2.75) is 20.8 Å². The zero-order chi connectivity index (χ0) is 16.8. The van der Waals surface area contributed by atoms with Crippen LogP contribution < -0.4 is 4.74 Å². The number of hydrogen-bond donors (Lipinski definition) is 0. The molecule has 0 saturated heterocycles. The summed E-state index contributed by atoms with van der Waals surface area (Å²) in [5, 5.41) is 0. The van der Waals surface area contributed by atoms with Gasteiger partial charge in [0.2, 0.25) is 0 Å². The lowest BCUT2D eigenvalue weighted by Gasteiger charge is -2.10. The zero-order valence-electron chi connectivity index (χ0n) is 13.6. The third-order valence-electron chi connectivity index (χ3n) is 3.40. The van der Waals surface area contributed by atoms with Crippen LogP contribution in [0.4, 0.5) is 0 Å². The van der Waals surface area contributed by atoms with Crippen molar-refractivity contribution in [3.05, 3.63) is 64.7 Å². The Hall–Kier alpha value is -2.62. The molecule has 23 heavy (non-hydrogen) atoms. The quantitative estimate of drug-likeness (QED) is 0.605. The third kappa shape index (κ3) is 4.42. The zero-order valence-corrected chi connectivity index (χ0v) is 13.6. The van der Waals surface area contributed by atoms with Crippen LogP contribution >= 0.6 is 0 Å². The van der Waals surface area contributed by atoms with Crippen LogP contribution in [0.1, 0.15) is 34.0 Å². The number of carbonyl (C=O) groups excluding carboxylic acids is 2. The molecular formula is C19H20O4. The minimum atomic E-state index is -0.410. The average Bonchev–Trinajstić information content (AvgIpc) is 2.54. The van der Waals surface area contributed by atoms with Crippen molar-refractivity contribution in [1.82, 2.24) is 0 Å². The van der Waals surface area contributed by atoms with Crippen LogP contribution in [0.25, 0.3) is 0 Å². The number of hydrogen-bond acceptors (Lipinski definition) is 4. The fourth-order valence-corrected chi connectivity index (χ4v) is 2.16. The molecule has 0 saturated carbocycles. The highest BCUT2D eigenvalue weighted by molar-refractivity contribution is 6.09. The summed E-state index contributed by atoms with van der Waals surface area (Å²) < 4.78 is 10.2. The average molecular weight is 312 g/mol. The summed E-state index contributed by atoms with van der Waals surface area (Å²) in [6.07, 6.45) is 0. The van der Waals surface area contributed by atoms with Gasteiger partial charge in [0.1, 0.15) is 5.75 Å². The number of benzene rings is 2. The van der Waals surface area contributed by atoms with Crippen molar-refractivity contribution in [1.29, 1.82) is 0 Å². The molecule has 0 aliphatic carbocycles. The van der Waals surface area contributed by atoms with E-state index in [0.29, 0.717) is 23.5 Å². The van der Waals surface area contributed by atoms with Crippen molar-refractivity contribution in [3.8, 4) is 5.75 Å². The molecule has 0 heterocycles. The molecule has 0 aliphatic heterocycles. The maximum absolute atomic E-state index is 12.5. The predicted molar refractivity (Wildman–Crippen MR) is 87.9 cm³/mol. The highest BCUT2D eigenvalue weighted by Crippen LogP contribution is 2.21. The van der Waals surface area contributed by atoms with Crippen LogP contribution in [-0.4, -0.2) is 25.0 Å². The topological polar surface area (TPSA) is 52.6 Å². The van der Waals surface area contributed by atoms with Crippen LogP contribution in [0.2, 0.25) is 0 Å². The van der Waals surface area contributed by atoms with Crippen LogP contribution in [0.15, 0.2) is 42.5 Å². The maximum atomic E-state index is 12.5. The molecule has 4 heteroatoms. The Labute approximate surface area is 136 Å². The van der Waals surface area contributed by atoms with Gasteiger partial charge in [0.25, 0.3) is 0 Å². The third-order valence-corrected chi connectivity index (χ3v) is 3.40. The molecule has 0 aromatic heterocycles. The van der Waals surface area contributed by atoms with Gasteiger partial charge in [-0.05, 0) is 44.5 Å². The Morgan fingerprint density at radius 1 is 0.957 bits per heavy atom. The molecule has 2 aromatic rings. The van der Waals surface area contributed by atoms with E-state index in [0.717, 1.165) is 11.1 Å². The number of carbonyl (C=O) groups is 2. The molecule has 0 fully saturated rings. The van der Waals surface area contributed by atoms with Gasteiger partial charge in [0, 0.05) is 11.1 Å². The van der Waals surface area contributed by atoms with Crippen LogP contribution in [0.5, 0.6) is 5.75 Å². The molecule has 4 nitrogen and oxygen atoms in total. The number of aryl methyl sites for hydroxylation is 2. The van der Waals surface area contributed by atoms with E-state index in [-0.39, 0.29) is 12.4 Å². The fourth-order valence-electron chi connectivity index (χ4n) is 2.16. The van der Waals surface area contributed by atoms with Crippen LogP contribution in [0, 0.1) is 13.8 Å². The normalized spacial score (nSPS) is 10.2. The standard InChI is InChI=1S/C19H20O4/c1-4-22-18(20)12-23-17-10-9-16(11-14(17)3)19(21)15-7-5-13(2)6-8-15/h5-11H,4,12H2,1-3H3. The fraction of sp³-hybridized carbons (Fsp3) is 0.263. The number of ketones is 1. The minimum absolute atomic E-state index is 0.0370. The summed E-state index contributed by atoms with van der Waals surface area (Å²) in [7, 11) is 0. The summed E-state index contributed by atoms with van der Waals surface area (Å²) in [5.74, 6) is 0.121. The summed E-state index contributed by atoms with van der Waals surface area (Å²) in [5.41, 5.74) is 3.15.